The summed E-state index contributed by atoms with van der Waals surface area (Å²) in [6, 6.07) is 5.92. The van der Waals surface area contributed by atoms with Gasteiger partial charge in [0.25, 0.3) is 0 Å². The van der Waals surface area contributed by atoms with Gasteiger partial charge in [-0.2, -0.15) is 0 Å². The van der Waals surface area contributed by atoms with Crippen LogP contribution in [-0.2, 0) is 13.1 Å². The Hall–Kier alpha value is -1.20. The van der Waals surface area contributed by atoms with Crippen molar-refractivity contribution in [2.45, 2.75) is 13.1 Å². The van der Waals surface area contributed by atoms with Crippen LogP contribution in [0, 0.1) is 0 Å². The number of halogens is 2. The molecule has 0 spiro atoms. The highest BCUT2D eigenvalue weighted by molar-refractivity contribution is 14.0. The molecule has 0 aliphatic rings. The number of nitrogens with zero attached hydrogens (tertiary/aromatic N) is 1. The Morgan fingerprint density at radius 2 is 1.65 bits per heavy atom. The van der Waals surface area contributed by atoms with Gasteiger partial charge in [0.05, 0.1) is 27.9 Å². The Bertz CT molecular complexity index is 715. The van der Waals surface area contributed by atoms with Gasteiger partial charge in [-0.05, 0) is 39.7 Å². The van der Waals surface area contributed by atoms with Crippen LogP contribution in [0.4, 0.5) is 0 Å². The lowest BCUT2D eigenvalue weighted by molar-refractivity contribution is 0.323. The molecule has 1 heterocycles. The zero-order valence-corrected chi connectivity index (χ0v) is 19.8. The van der Waals surface area contributed by atoms with Crippen molar-refractivity contribution in [1.82, 2.24) is 10.6 Å². The molecule has 0 saturated heterocycles. The van der Waals surface area contributed by atoms with Gasteiger partial charge < -0.3 is 24.8 Å². The number of thiophene rings is 1. The molecule has 144 valence electrons. The minimum atomic E-state index is 0. The molecule has 2 rings (SSSR count). The van der Waals surface area contributed by atoms with Gasteiger partial charge in [-0.15, -0.1) is 35.3 Å². The van der Waals surface area contributed by atoms with E-state index in [4.69, 9.17) is 14.2 Å². The number of hydrogen-bond donors (Lipinski definition) is 2. The summed E-state index contributed by atoms with van der Waals surface area (Å²) in [6.45, 7) is 1.29. The highest BCUT2D eigenvalue weighted by Gasteiger charge is 2.13. The standard InChI is InChI=1S/C17H22BrN3O3S.HI/c1-19-17(21-9-13-7-12(18)10-25-13)20-8-11-5-14(22-2)16(24-4)15(6-11)23-3;/h5-7,10H,8-9H2,1-4H3,(H2,19,20,21);1H. The fraction of sp³-hybridized carbons (Fsp3) is 0.353. The molecular weight excluding hydrogens is 533 g/mol. The van der Waals surface area contributed by atoms with Crippen LogP contribution in [0.2, 0.25) is 0 Å². The second-order valence-electron chi connectivity index (χ2n) is 5.04. The van der Waals surface area contributed by atoms with Gasteiger partial charge in [0, 0.05) is 28.3 Å². The number of rotatable bonds is 7. The van der Waals surface area contributed by atoms with Crippen LogP contribution < -0.4 is 24.8 Å². The van der Waals surface area contributed by atoms with Crippen LogP contribution in [0.5, 0.6) is 17.2 Å². The SMILES string of the molecule is CN=C(NCc1cc(OC)c(OC)c(OC)c1)NCc1cc(Br)cs1.I. The van der Waals surface area contributed by atoms with E-state index in [1.165, 1.54) is 4.88 Å². The first-order valence-corrected chi connectivity index (χ1v) is 9.24. The molecule has 1 aromatic carbocycles. The van der Waals surface area contributed by atoms with Gasteiger partial charge in [-0.1, -0.05) is 0 Å². The van der Waals surface area contributed by atoms with Crippen molar-refractivity contribution in [3.05, 3.63) is 38.5 Å². The lowest BCUT2D eigenvalue weighted by atomic mass is 10.2. The minimum absolute atomic E-state index is 0. The molecule has 0 aliphatic carbocycles. The third-order valence-corrected chi connectivity index (χ3v) is 5.16. The average molecular weight is 556 g/mol. The summed E-state index contributed by atoms with van der Waals surface area (Å²) in [5.41, 5.74) is 0.997. The Labute approximate surface area is 183 Å². The van der Waals surface area contributed by atoms with Crippen LogP contribution in [0.3, 0.4) is 0 Å². The van der Waals surface area contributed by atoms with Gasteiger partial charge >= 0.3 is 0 Å². The summed E-state index contributed by atoms with van der Waals surface area (Å²) in [4.78, 5) is 5.47. The van der Waals surface area contributed by atoms with E-state index in [1.807, 2.05) is 12.1 Å². The molecule has 1 aromatic heterocycles. The van der Waals surface area contributed by atoms with Gasteiger partial charge in [-0.25, -0.2) is 0 Å². The Morgan fingerprint density at radius 1 is 1.04 bits per heavy atom. The first kappa shape index (κ1) is 22.8. The van der Waals surface area contributed by atoms with E-state index >= 15 is 0 Å². The fourth-order valence-corrected chi connectivity index (χ4v) is 3.65. The molecule has 0 saturated carbocycles. The van der Waals surface area contributed by atoms with Crippen molar-refractivity contribution in [2.75, 3.05) is 28.4 Å². The second kappa shape index (κ2) is 11.5. The van der Waals surface area contributed by atoms with Gasteiger partial charge in [-0.3, -0.25) is 4.99 Å². The number of benzene rings is 1. The first-order chi connectivity index (χ1) is 12.1. The lowest BCUT2D eigenvalue weighted by Gasteiger charge is -2.15. The number of aliphatic imine (C=N–C) groups is 1. The van der Waals surface area contributed by atoms with Crippen LogP contribution >= 0.6 is 51.2 Å². The normalized spacial score (nSPS) is 10.7. The molecule has 2 aromatic rings. The molecule has 0 atom stereocenters. The third-order valence-electron chi connectivity index (χ3n) is 3.46. The van der Waals surface area contributed by atoms with E-state index in [0.717, 1.165) is 16.0 Å². The van der Waals surface area contributed by atoms with Crippen molar-refractivity contribution in [1.29, 1.82) is 0 Å². The largest absolute Gasteiger partial charge is 0.493 e. The van der Waals surface area contributed by atoms with E-state index in [9.17, 15) is 0 Å². The number of hydrogen-bond acceptors (Lipinski definition) is 5. The fourth-order valence-electron chi connectivity index (χ4n) is 2.26. The summed E-state index contributed by atoms with van der Waals surface area (Å²) in [7, 11) is 6.55. The monoisotopic (exact) mass is 555 g/mol. The summed E-state index contributed by atoms with van der Waals surface area (Å²) in [6.07, 6.45) is 0. The van der Waals surface area contributed by atoms with Crippen LogP contribution in [0.1, 0.15) is 10.4 Å². The average Bonchev–Trinajstić information content (AvgIpc) is 3.06. The van der Waals surface area contributed by atoms with E-state index in [1.54, 1.807) is 39.7 Å². The number of guanidine groups is 1. The van der Waals surface area contributed by atoms with E-state index in [2.05, 4.69) is 43.0 Å². The first-order valence-electron chi connectivity index (χ1n) is 7.57. The Kier molecular flexibility index (Phi) is 10.1. The van der Waals surface area contributed by atoms with Crippen molar-refractivity contribution in [3.8, 4) is 17.2 Å². The van der Waals surface area contributed by atoms with Crippen LogP contribution in [-0.4, -0.2) is 34.3 Å². The van der Waals surface area contributed by atoms with Crippen LogP contribution in [0.15, 0.2) is 33.0 Å². The maximum absolute atomic E-state index is 5.38. The summed E-state index contributed by atoms with van der Waals surface area (Å²) in [5, 5.41) is 8.63. The summed E-state index contributed by atoms with van der Waals surface area (Å²) >= 11 is 5.15. The van der Waals surface area contributed by atoms with E-state index < -0.39 is 0 Å². The van der Waals surface area contributed by atoms with Crippen LogP contribution in [0.25, 0.3) is 0 Å². The molecule has 0 radical (unpaired) electrons. The second-order valence-corrected chi connectivity index (χ2v) is 6.96. The maximum atomic E-state index is 5.38. The molecule has 0 aliphatic heterocycles. The molecule has 0 amide bonds. The van der Waals surface area contributed by atoms with Gasteiger partial charge in [0.2, 0.25) is 5.75 Å². The molecule has 0 unspecified atom stereocenters. The Morgan fingerprint density at radius 3 is 2.12 bits per heavy atom. The number of nitrogens with one attached hydrogen (secondary N) is 2. The predicted molar refractivity (Wildman–Crippen MR) is 121 cm³/mol. The zero-order valence-electron chi connectivity index (χ0n) is 15.1. The molecule has 2 N–H and O–H groups in total. The number of ether oxygens (including phenoxy) is 3. The Balaban J connectivity index is 0.00000338. The summed E-state index contributed by atoms with van der Waals surface area (Å²) in [5.74, 6) is 2.56. The molecule has 0 bridgehead atoms. The van der Waals surface area contributed by atoms with Crippen molar-refractivity contribution in [3.63, 3.8) is 0 Å². The molecule has 6 nitrogen and oxygen atoms in total. The minimum Gasteiger partial charge on any atom is -0.493 e. The molecule has 9 heteroatoms. The lowest BCUT2D eigenvalue weighted by Crippen LogP contribution is -2.36. The predicted octanol–water partition coefficient (Wildman–Crippen LogP) is 4.02. The number of methoxy groups -OCH3 is 3. The molecular formula is C17H23BrIN3O3S. The highest BCUT2D eigenvalue weighted by atomic mass is 127. The molecule has 26 heavy (non-hydrogen) atoms. The smallest absolute Gasteiger partial charge is 0.203 e. The van der Waals surface area contributed by atoms with Gasteiger partial charge in [0.15, 0.2) is 17.5 Å². The summed E-state index contributed by atoms with van der Waals surface area (Å²) < 4.78 is 17.2. The third kappa shape index (κ3) is 6.20. The van der Waals surface area contributed by atoms with E-state index in [0.29, 0.717) is 30.3 Å². The topological polar surface area (TPSA) is 64.1 Å². The quantitative estimate of drug-likeness (QED) is 0.307. The van der Waals surface area contributed by atoms with Crippen molar-refractivity contribution >= 4 is 57.2 Å². The maximum Gasteiger partial charge on any atom is 0.203 e. The van der Waals surface area contributed by atoms with Gasteiger partial charge in [0.1, 0.15) is 0 Å². The van der Waals surface area contributed by atoms with Crippen molar-refractivity contribution in [2.24, 2.45) is 4.99 Å². The van der Waals surface area contributed by atoms with Crippen molar-refractivity contribution < 1.29 is 14.2 Å². The zero-order chi connectivity index (χ0) is 18.2. The molecule has 0 fully saturated rings. The van der Waals surface area contributed by atoms with E-state index in [-0.39, 0.29) is 24.0 Å². The highest BCUT2D eigenvalue weighted by Crippen LogP contribution is 2.38.